The van der Waals surface area contributed by atoms with E-state index in [1.165, 1.54) is 4.57 Å². The van der Waals surface area contributed by atoms with Gasteiger partial charge in [0.2, 0.25) is 0 Å². The van der Waals surface area contributed by atoms with Crippen LogP contribution in [0.4, 0.5) is 0 Å². The minimum absolute atomic E-state index is 0.0572. The van der Waals surface area contributed by atoms with Crippen LogP contribution in [-0.2, 0) is 23.0 Å². The minimum Gasteiger partial charge on any atom is -0.466 e. The lowest BCUT2D eigenvalue weighted by Gasteiger charge is -2.05. The molecular formula is C14H15NO3. The van der Waals surface area contributed by atoms with Crippen LogP contribution < -0.4 is 5.56 Å². The number of benzene rings is 1. The van der Waals surface area contributed by atoms with Crippen molar-refractivity contribution in [2.75, 3.05) is 6.61 Å². The Morgan fingerprint density at radius 1 is 1.33 bits per heavy atom. The molecule has 1 aromatic heterocycles. The van der Waals surface area contributed by atoms with Crippen LogP contribution in [0.25, 0.3) is 10.8 Å². The van der Waals surface area contributed by atoms with Crippen molar-refractivity contribution < 1.29 is 9.53 Å². The molecule has 0 aliphatic heterocycles. The first-order chi connectivity index (χ1) is 8.61. The highest BCUT2D eigenvalue weighted by molar-refractivity contribution is 5.83. The first-order valence-corrected chi connectivity index (χ1v) is 5.85. The molecule has 0 N–H and O–H groups in total. The van der Waals surface area contributed by atoms with Crippen LogP contribution in [0.2, 0.25) is 0 Å². The lowest BCUT2D eigenvalue weighted by atomic mass is 10.1. The van der Waals surface area contributed by atoms with Crippen LogP contribution in [-0.4, -0.2) is 17.1 Å². The van der Waals surface area contributed by atoms with Crippen LogP contribution in [0.3, 0.4) is 0 Å². The van der Waals surface area contributed by atoms with Crippen LogP contribution in [0.1, 0.15) is 12.5 Å². The number of pyridine rings is 1. The van der Waals surface area contributed by atoms with Crippen LogP contribution in [0.15, 0.2) is 35.3 Å². The van der Waals surface area contributed by atoms with Crippen molar-refractivity contribution in [3.63, 3.8) is 0 Å². The number of carbonyl (C=O) groups excluding carboxylic acids is 1. The van der Waals surface area contributed by atoms with Gasteiger partial charge in [-0.25, -0.2) is 0 Å². The van der Waals surface area contributed by atoms with Crippen molar-refractivity contribution in [2.24, 2.45) is 7.05 Å². The van der Waals surface area contributed by atoms with E-state index in [1.54, 1.807) is 26.2 Å². The monoisotopic (exact) mass is 245 g/mol. The van der Waals surface area contributed by atoms with Crippen molar-refractivity contribution >= 4 is 16.7 Å². The quantitative estimate of drug-likeness (QED) is 0.772. The summed E-state index contributed by atoms with van der Waals surface area (Å²) in [5.41, 5.74) is 0.738. The summed E-state index contributed by atoms with van der Waals surface area (Å²) in [6.07, 6.45) is 1.93. The van der Waals surface area contributed by atoms with E-state index >= 15 is 0 Å². The van der Waals surface area contributed by atoms with Gasteiger partial charge >= 0.3 is 5.97 Å². The number of aromatic nitrogens is 1. The number of ether oxygens (including phenoxy) is 1. The molecule has 0 unspecified atom stereocenters. The van der Waals surface area contributed by atoms with E-state index in [0.29, 0.717) is 12.0 Å². The van der Waals surface area contributed by atoms with Gasteiger partial charge in [0.1, 0.15) is 0 Å². The van der Waals surface area contributed by atoms with Gasteiger partial charge in [-0.3, -0.25) is 9.59 Å². The first-order valence-electron chi connectivity index (χ1n) is 5.85. The minimum atomic E-state index is -0.274. The predicted molar refractivity (Wildman–Crippen MR) is 69.5 cm³/mol. The van der Waals surface area contributed by atoms with E-state index in [1.807, 2.05) is 18.2 Å². The van der Waals surface area contributed by atoms with E-state index in [9.17, 15) is 9.59 Å². The first kappa shape index (κ1) is 12.4. The third-order valence-electron chi connectivity index (χ3n) is 2.80. The number of fused-ring (bicyclic) bond motifs is 1. The highest BCUT2D eigenvalue weighted by atomic mass is 16.5. The highest BCUT2D eigenvalue weighted by Gasteiger charge is 2.06. The van der Waals surface area contributed by atoms with E-state index < -0.39 is 0 Å². The Morgan fingerprint density at radius 3 is 2.83 bits per heavy atom. The van der Waals surface area contributed by atoms with Gasteiger partial charge < -0.3 is 9.30 Å². The maximum Gasteiger partial charge on any atom is 0.310 e. The van der Waals surface area contributed by atoms with Crippen LogP contribution >= 0.6 is 0 Å². The van der Waals surface area contributed by atoms with E-state index in [4.69, 9.17) is 4.74 Å². The molecule has 4 heteroatoms. The average Bonchev–Trinajstić information content (AvgIpc) is 2.35. The summed E-state index contributed by atoms with van der Waals surface area (Å²) in [6, 6.07) is 7.34. The Bertz CT molecular complexity index is 643. The summed E-state index contributed by atoms with van der Waals surface area (Å²) in [5.74, 6) is -0.274. The fourth-order valence-corrected chi connectivity index (χ4v) is 1.87. The highest BCUT2D eigenvalue weighted by Crippen LogP contribution is 2.13. The Morgan fingerprint density at radius 2 is 2.11 bits per heavy atom. The lowest BCUT2D eigenvalue weighted by Crippen LogP contribution is -2.16. The van der Waals surface area contributed by atoms with Crippen molar-refractivity contribution in [3.8, 4) is 0 Å². The zero-order chi connectivity index (χ0) is 13.1. The number of carbonyl (C=O) groups is 1. The van der Waals surface area contributed by atoms with Crippen molar-refractivity contribution in [2.45, 2.75) is 13.3 Å². The maximum atomic E-state index is 11.9. The number of hydrogen-bond acceptors (Lipinski definition) is 3. The molecule has 1 aromatic carbocycles. The largest absolute Gasteiger partial charge is 0.466 e. The van der Waals surface area contributed by atoms with Crippen molar-refractivity contribution in [1.29, 1.82) is 0 Å². The smallest absolute Gasteiger partial charge is 0.310 e. The summed E-state index contributed by atoms with van der Waals surface area (Å²) in [4.78, 5) is 23.3. The SMILES string of the molecule is CCOC(=O)Cc1ccc2ccn(C)c(=O)c2c1. The van der Waals surface area contributed by atoms with Gasteiger partial charge in [-0.15, -0.1) is 0 Å². The third-order valence-corrected chi connectivity index (χ3v) is 2.80. The zero-order valence-corrected chi connectivity index (χ0v) is 10.5. The van der Waals surface area contributed by atoms with Crippen molar-refractivity contribution in [1.82, 2.24) is 4.57 Å². The number of esters is 1. The average molecular weight is 245 g/mol. The Kier molecular flexibility index (Phi) is 3.46. The normalized spacial score (nSPS) is 10.6. The molecule has 1 heterocycles. The molecule has 94 valence electrons. The van der Waals surface area contributed by atoms with Gasteiger partial charge in [0.25, 0.3) is 5.56 Å². The second-order valence-electron chi connectivity index (χ2n) is 4.14. The summed E-state index contributed by atoms with van der Waals surface area (Å²) in [7, 11) is 1.71. The fraction of sp³-hybridized carbons (Fsp3) is 0.286. The molecule has 0 amide bonds. The number of hydrogen-bond donors (Lipinski definition) is 0. The molecule has 0 aliphatic carbocycles. The molecule has 0 aliphatic rings. The number of aryl methyl sites for hydroxylation is 1. The second kappa shape index (κ2) is 5.04. The third kappa shape index (κ3) is 2.42. The standard InChI is InChI=1S/C14H15NO3/c1-3-18-13(16)9-10-4-5-11-6-7-15(2)14(17)12(11)8-10/h4-8H,3,9H2,1-2H3. The molecule has 0 saturated carbocycles. The second-order valence-corrected chi connectivity index (χ2v) is 4.14. The molecule has 0 bridgehead atoms. The van der Waals surface area contributed by atoms with Gasteiger partial charge in [-0.2, -0.15) is 0 Å². The molecule has 0 radical (unpaired) electrons. The summed E-state index contributed by atoms with van der Waals surface area (Å²) < 4.78 is 6.41. The van der Waals surface area contributed by atoms with Gasteiger partial charge in [0, 0.05) is 18.6 Å². The Balaban J connectivity index is 2.40. The summed E-state index contributed by atoms with van der Waals surface area (Å²) >= 11 is 0. The fourth-order valence-electron chi connectivity index (χ4n) is 1.87. The summed E-state index contributed by atoms with van der Waals surface area (Å²) in [6.45, 7) is 2.14. The van der Waals surface area contributed by atoms with Crippen LogP contribution in [0.5, 0.6) is 0 Å². The van der Waals surface area contributed by atoms with Crippen molar-refractivity contribution in [3.05, 3.63) is 46.4 Å². The van der Waals surface area contributed by atoms with Gasteiger partial charge in [0.05, 0.1) is 13.0 Å². The molecule has 2 rings (SSSR count). The Hall–Kier alpha value is -2.10. The predicted octanol–water partition coefficient (Wildman–Crippen LogP) is 1.64. The lowest BCUT2D eigenvalue weighted by molar-refractivity contribution is -0.142. The molecular weight excluding hydrogens is 230 g/mol. The topological polar surface area (TPSA) is 48.3 Å². The number of rotatable bonds is 3. The molecule has 4 nitrogen and oxygen atoms in total. The van der Waals surface area contributed by atoms with E-state index in [0.717, 1.165) is 10.9 Å². The molecule has 0 saturated heterocycles. The van der Waals surface area contributed by atoms with Gasteiger partial charge in [-0.1, -0.05) is 12.1 Å². The number of nitrogens with zero attached hydrogens (tertiary/aromatic N) is 1. The van der Waals surface area contributed by atoms with E-state index in [2.05, 4.69) is 0 Å². The molecule has 2 aromatic rings. The molecule has 0 spiro atoms. The van der Waals surface area contributed by atoms with E-state index in [-0.39, 0.29) is 17.9 Å². The maximum absolute atomic E-state index is 11.9. The van der Waals surface area contributed by atoms with Crippen LogP contribution in [0, 0.1) is 0 Å². The van der Waals surface area contributed by atoms with Gasteiger partial charge in [-0.05, 0) is 30.0 Å². The molecule has 0 atom stereocenters. The molecule has 18 heavy (non-hydrogen) atoms. The summed E-state index contributed by atoms with van der Waals surface area (Å²) in [5, 5.41) is 1.51. The van der Waals surface area contributed by atoms with Gasteiger partial charge in [0.15, 0.2) is 0 Å². The Labute approximate surface area is 105 Å². The molecule has 0 fully saturated rings. The zero-order valence-electron chi connectivity index (χ0n) is 10.5.